The second kappa shape index (κ2) is 7.94. The molecule has 0 bridgehead atoms. The fourth-order valence-corrected chi connectivity index (χ4v) is 5.52. The number of carbonyl (C=O) groups is 1. The number of nitrogens with zero attached hydrogens (tertiary/aromatic N) is 3. The zero-order chi connectivity index (χ0) is 19.8. The summed E-state index contributed by atoms with van der Waals surface area (Å²) in [5.74, 6) is 0.155. The van der Waals surface area contributed by atoms with E-state index in [9.17, 15) is 4.79 Å². The van der Waals surface area contributed by atoms with Crippen LogP contribution in [0.4, 0.5) is 0 Å². The van der Waals surface area contributed by atoms with E-state index in [1.807, 2.05) is 4.90 Å². The number of rotatable bonds is 4. The minimum absolute atomic E-state index is 0.155. The third kappa shape index (κ3) is 3.61. The van der Waals surface area contributed by atoms with Crippen LogP contribution in [-0.2, 0) is 32.2 Å². The van der Waals surface area contributed by atoms with Gasteiger partial charge in [-0.1, -0.05) is 24.3 Å². The van der Waals surface area contributed by atoms with Crippen LogP contribution in [-0.4, -0.2) is 45.8 Å². The van der Waals surface area contributed by atoms with Crippen LogP contribution in [0.25, 0.3) is 0 Å². The summed E-state index contributed by atoms with van der Waals surface area (Å²) < 4.78 is 2.08. The van der Waals surface area contributed by atoms with Crippen molar-refractivity contribution in [1.82, 2.24) is 20.0 Å². The maximum atomic E-state index is 13.2. The standard InChI is InChI=1S/C24H32N4O/c1-2-28-22-11-10-19(25-20-14-17-8-4-5-9-18(17)15-20)16-21(22)23(26-28)24(29)27-12-6-3-7-13-27/h4-5,8-9,19-20,25H,2-3,6-7,10-16H2,1H3. The van der Waals surface area contributed by atoms with Crippen LogP contribution < -0.4 is 5.32 Å². The lowest BCUT2D eigenvalue weighted by molar-refractivity contribution is 0.0716. The van der Waals surface area contributed by atoms with Gasteiger partial charge in [-0.05, 0) is 69.4 Å². The Morgan fingerprint density at radius 3 is 2.48 bits per heavy atom. The quantitative estimate of drug-likeness (QED) is 0.870. The molecule has 2 aliphatic carbocycles. The molecule has 1 aromatic heterocycles. The largest absolute Gasteiger partial charge is 0.337 e. The highest BCUT2D eigenvalue weighted by Crippen LogP contribution is 2.28. The number of fused-ring (bicyclic) bond motifs is 2. The molecule has 0 saturated carbocycles. The number of hydrogen-bond acceptors (Lipinski definition) is 3. The first kappa shape index (κ1) is 18.9. The molecule has 1 aromatic carbocycles. The summed E-state index contributed by atoms with van der Waals surface area (Å²) >= 11 is 0. The second-order valence-electron chi connectivity index (χ2n) is 8.92. The number of benzene rings is 1. The van der Waals surface area contributed by atoms with Crippen molar-refractivity contribution < 1.29 is 4.79 Å². The number of aromatic nitrogens is 2. The van der Waals surface area contributed by atoms with Crippen molar-refractivity contribution in [3.05, 3.63) is 52.3 Å². The van der Waals surface area contributed by atoms with Crippen LogP contribution in [0.15, 0.2) is 24.3 Å². The molecule has 2 aromatic rings. The highest BCUT2D eigenvalue weighted by atomic mass is 16.2. The predicted octanol–water partition coefficient (Wildman–Crippen LogP) is 3.14. The summed E-state index contributed by atoms with van der Waals surface area (Å²) in [5.41, 5.74) is 6.20. The van der Waals surface area contributed by atoms with Gasteiger partial charge in [0.2, 0.25) is 0 Å². The van der Waals surface area contributed by atoms with E-state index in [0.29, 0.717) is 12.1 Å². The molecule has 2 heterocycles. The molecule has 1 unspecified atom stereocenters. The minimum atomic E-state index is 0.155. The van der Waals surface area contributed by atoms with Crippen molar-refractivity contribution >= 4 is 5.91 Å². The van der Waals surface area contributed by atoms with Crippen LogP contribution in [0.2, 0.25) is 0 Å². The van der Waals surface area contributed by atoms with E-state index in [1.165, 1.54) is 28.8 Å². The number of amides is 1. The Hall–Kier alpha value is -2.14. The number of aryl methyl sites for hydroxylation is 1. The van der Waals surface area contributed by atoms with Crippen LogP contribution in [0, 0.1) is 0 Å². The van der Waals surface area contributed by atoms with Crippen molar-refractivity contribution in [3.8, 4) is 0 Å². The molecule has 1 N–H and O–H groups in total. The Bertz CT molecular complexity index is 871. The molecule has 154 valence electrons. The monoisotopic (exact) mass is 392 g/mol. The Labute approximate surface area is 173 Å². The lowest BCUT2D eigenvalue weighted by Gasteiger charge is -2.29. The molecule has 1 amide bonds. The van der Waals surface area contributed by atoms with Gasteiger partial charge in [-0.15, -0.1) is 0 Å². The van der Waals surface area contributed by atoms with Crippen LogP contribution in [0.5, 0.6) is 0 Å². The highest BCUT2D eigenvalue weighted by Gasteiger charge is 2.32. The highest BCUT2D eigenvalue weighted by molar-refractivity contribution is 5.94. The number of likely N-dealkylation sites (tertiary alicyclic amines) is 1. The molecule has 5 rings (SSSR count). The van der Waals surface area contributed by atoms with Crippen molar-refractivity contribution in [2.24, 2.45) is 0 Å². The van der Waals surface area contributed by atoms with Crippen molar-refractivity contribution in [2.45, 2.75) is 76.9 Å². The third-order valence-corrected chi connectivity index (χ3v) is 7.01. The Balaban J connectivity index is 1.32. The topological polar surface area (TPSA) is 50.2 Å². The zero-order valence-corrected chi connectivity index (χ0v) is 17.5. The lowest BCUT2D eigenvalue weighted by Crippen LogP contribution is -2.43. The normalized spacial score (nSPS) is 21.8. The molecule has 5 nitrogen and oxygen atoms in total. The SMILES string of the molecule is CCn1nc(C(=O)N2CCCCC2)c2c1CCC(NC1Cc3ccccc3C1)C2. The second-order valence-corrected chi connectivity index (χ2v) is 8.92. The van der Waals surface area contributed by atoms with Gasteiger partial charge in [0, 0.05) is 43.0 Å². The molecular weight excluding hydrogens is 360 g/mol. The van der Waals surface area contributed by atoms with Gasteiger partial charge in [-0.25, -0.2) is 0 Å². The molecule has 1 aliphatic heterocycles. The van der Waals surface area contributed by atoms with E-state index in [2.05, 4.69) is 41.2 Å². The first-order chi connectivity index (χ1) is 14.2. The Morgan fingerprint density at radius 2 is 1.79 bits per heavy atom. The van der Waals surface area contributed by atoms with Gasteiger partial charge in [0.05, 0.1) is 0 Å². The van der Waals surface area contributed by atoms with Gasteiger partial charge in [-0.3, -0.25) is 9.48 Å². The first-order valence-electron chi connectivity index (χ1n) is 11.4. The van der Waals surface area contributed by atoms with Gasteiger partial charge < -0.3 is 10.2 Å². The summed E-state index contributed by atoms with van der Waals surface area (Å²) in [6.45, 7) is 4.73. The van der Waals surface area contributed by atoms with E-state index in [4.69, 9.17) is 5.10 Å². The maximum absolute atomic E-state index is 13.2. The molecule has 1 saturated heterocycles. The Kier molecular flexibility index (Phi) is 5.17. The molecule has 1 fully saturated rings. The minimum Gasteiger partial charge on any atom is -0.337 e. The molecule has 0 spiro atoms. The van der Waals surface area contributed by atoms with E-state index in [1.54, 1.807) is 0 Å². The molecular formula is C24H32N4O. The van der Waals surface area contributed by atoms with Crippen molar-refractivity contribution in [2.75, 3.05) is 13.1 Å². The van der Waals surface area contributed by atoms with Crippen molar-refractivity contribution in [1.29, 1.82) is 0 Å². The summed E-state index contributed by atoms with van der Waals surface area (Å²) in [5, 5.41) is 8.70. The summed E-state index contributed by atoms with van der Waals surface area (Å²) in [6, 6.07) is 9.76. The van der Waals surface area contributed by atoms with Crippen LogP contribution in [0.3, 0.4) is 0 Å². The van der Waals surface area contributed by atoms with E-state index in [0.717, 1.165) is 70.3 Å². The summed E-state index contributed by atoms with van der Waals surface area (Å²) in [6.07, 6.45) is 8.78. The number of carbonyl (C=O) groups excluding carboxylic acids is 1. The lowest BCUT2D eigenvalue weighted by atomic mass is 9.90. The van der Waals surface area contributed by atoms with Crippen molar-refractivity contribution in [3.63, 3.8) is 0 Å². The molecule has 0 radical (unpaired) electrons. The fourth-order valence-electron chi connectivity index (χ4n) is 5.52. The van der Waals surface area contributed by atoms with Gasteiger partial charge >= 0.3 is 0 Å². The molecule has 29 heavy (non-hydrogen) atoms. The number of piperidine rings is 1. The summed E-state index contributed by atoms with van der Waals surface area (Å²) in [7, 11) is 0. The number of nitrogens with one attached hydrogen (secondary N) is 1. The molecule has 3 aliphatic rings. The van der Waals surface area contributed by atoms with E-state index >= 15 is 0 Å². The van der Waals surface area contributed by atoms with Crippen LogP contribution >= 0.6 is 0 Å². The van der Waals surface area contributed by atoms with Gasteiger partial charge in [0.25, 0.3) is 5.91 Å². The average Bonchev–Trinajstić information content (AvgIpc) is 3.34. The van der Waals surface area contributed by atoms with Gasteiger partial charge in [-0.2, -0.15) is 5.10 Å². The molecule has 1 atom stereocenters. The third-order valence-electron chi connectivity index (χ3n) is 7.01. The van der Waals surface area contributed by atoms with Crippen LogP contribution in [0.1, 0.15) is 65.5 Å². The zero-order valence-electron chi connectivity index (χ0n) is 17.5. The Morgan fingerprint density at radius 1 is 1.07 bits per heavy atom. The van der Waals surface area contributed by atoms with E-state index < -0.39 is 0 Å². The van der Waals surface area contributed by atoms with Gasteiger partial charge in [0.1, 0.15) is 0 Å². The maximum Gasteiger partial charge on any atom is 0.274 e. The number of hydrogen-bond donors (Lipinski definition) is 1. The van der Waals surface area contributed by atoms with Gasteiger partial charge in [0.15, 0.2) is 5.69 Å². The first-order valence-corrected chi connectivity index (χ1v) is 11.4. The fraction of sp³-hybridized carbons (Fsp3) is 0.583. The predicted molar refractivity (Wildman–Crippen MR) is 114 cm³/mol. The van der Waals surface area contributed by atoms with E-state index in [-0.39, 0.29) is 5.91 Å². The molecule has 5 heteroatoms. The smallest absolute Gasteiger partial charge is 0.274 e. The average molecular weight is 393 g/mol. The summed E-state index contributed by atoms with van der Waals surface area (Å²) in [4.78, 5) is 15.3.